The Hall–Kier alpha value is -0.650. The van der Waals surface area contributed by atoms with E-state index in [9.17, 15) is 9.18 Å². The van der Waals surface area contributed by atoms with E-state index in [1.165, 1.54) is 16.5 Å². The standard InChI is InChI=1S/C15H12BrFOS2/c16-15-9(2-1-3-11(15)17)6-12(18)14-7-10-8-19-5-4-13(10)20-14/h1-3,7H,4-6,8H2. The maximum absolute atomic E-state index is 13.5. The molecule has 5 heteroatoms. The van der Waals surface area contributed by atoms with Gasteiger partial charge in [0.1, 0.15) is 5.82 Å². The lowest BCUT2D eigenvalue weighted by Gasteiger charge is -2.08. The summed E-state index contributed by atoms with van der Waals surface area (Å²) in [7, 11) is 0. The van der Waals surface area contributed by atoms with Crippen LogP contribution in [0, 0.1) is 5.82 Å². The van der Waals surface area contributed by atoms with Crippen molar-refractivity contribution in [1.29, 1.82) is 0 Å². The van der Waals surface area contributed by atoms with Crippen molar-refractivity contribution in [2.75, 3.05) is 5.75 Å². The van der Waals surface area contributed by atoms with Gasteiger partial charge in [-0.05, 0) is 51.4 Å². The fourth-order valence-corrected chi connectivity index (χ4v) is 4.94. The number of fused-ring (bicyclic) bond motifs is 1. The Balaban J connectivity index is 1.82. The molecule has 1 aliphatic heterocycles. The molecule has 20 heavy (non-hydrogen) atoms. The van der Waals surface area contributed by atoms with Crippen molar-refractivity contribution in [2.45, 2.75) is 18.6 Å². The number of rotatable bonds is 3. The summed E-state index contributed by atoms with van der Waals surface area (Å²) in [6.07, 6.45) is 1.30. The van der Waals surface area contributed by atoms with Crippen LogP contribution >= 0.6 is 39.0 Å². The van der Waals surface area contributed by atoms with Crippen LogP contribution in [0.3, 0.4) is 0 Å². The average molecular weight is 371 g/mol. The summed E-state index contributed by atoms with van der Waals surface area (Å²) in [4.78, 5) is 14.5. The van der Waals surface area contributed by atoms with Crippen LogP contribution < -0.4 is 0 Å². The molecule has 0 aliphatic carbocycles. The lowest BCUT2D eigenvalue weighted by atomic mass is 10.1. The van der Waals surface area contributed by atoms with Gasteiger partial charge < -0.3 is 0 Å². The number of carbonyl (C=O) groups excluding carboxylic acids is 1. The molecule has 3 rings (SSSR count). The normalized spacial score (nSPS) is 14.1. The molecular formula is C15H12BrFOS2. The number of hydrogen-bond donors (Lipinski definition) is 0. The molecule has 2 heterocycles. The van der Waals surface area contributed by atoms with Gasteiger partial charge in [0.2, 0.25) is 0 Å². The van der Waals surface area contributed by atoms with Gasteiger partial charge in [-0.3, -0.25) is 4.79 Å². The Kier molecular flexibility index (Phi) is 4.29. The van der Waals surface area contributed by atoms with Crippen molar-refractivity contribution >= 4 is 44.8 Å². The first-order chi connectivity index (χ1) is 9.65. The predicted octanol–water partition coefficient (Wildman–Crippen LogP) is 4.86. The Morgan fingerprint density at radius 2 is 2.25 bits per heavy atom. The van der Waals surface area contributed by atoms with Crippen molar-refractivity contribution in [3.63, 3.8) is 0 Å². The molecule has 1 aromatic heterocycles. The van der Waals surface area contributed by atoms with Gasteiger partial charge in [-0.15, -0.1) is 11.3 Å². The number of thiophene rings is 1. The summed E-state index contributed by atoms with van der Waals surface area (Å²) in [5.74, 6) is 1.89. The fraction of sp³-hybridized carbons (Fsp3) is 0.267. The molecule has 1 aromatic carbocycles. The molecule has 0 saturated heterocycles. The van der Waals surface area contributed by atoms with Gasteiger partial charge in [0.15, 0.2) is 5.78 Å². The van der Waals surface area contributed by atoms with Crippen LogP contribution in [0.1, 0.15) is 25.7 Å². The summed E-state index contributed by atoms with van der Waals surface area (Å²) in [6, 6.07) is 6.83. The highest BCUT2D eigenvalue weighted by atomic mass is 79.9. The van der Waals surface area contributed by atoms with Gasteiger partial charge in [-0.25, -0.2) is 4.39 Å². The predicted molar refractivity (Wildman–Crippen MR) is 86.3 cm³/mol. The Bertz CT molecular complexity index is 642. The van der Waals surface area contributed by atoms with Crippen LogP contribution in [-0.4, -0.2) is 11.5 Å². The number of benzene rings is 1. The largest absolute Gasteiger partial charge is 0.293 e. The molecule has 0 amide bonds. The fourth-order valence-electron chi connectivity index (χ4n) is 2.23. The minimum atomic E-state index is -0.322. The summed E-state index contributed by atoms with van der Waals surface area (Å²) < 4.78 is 13.9. The van der Waals surface area contributed by atoms with Crippen LogP contribution in [0.15, 0.2) is 28.7 Å². The molecule has 0 saturated carbocycles. The van der Waals surface area contributed by atoms with Crippen LogP contribution in [0.25, 0.3) is 0 Å². The highest BCUT2D eigenvalue weighted by Crippen LogP contribution is 2.32. The van der Waals surface area contributed by atoms with Crippen molar-refractivity contribution in [3.05, 3.63) is 55.4 Å². The minimum Gasteiger partial charge on any atom is -0.293 e. The lowest BCUT2D eigenvalue weighted by Crippen LogP contribution is -2.02. The lowest BCUT2D eigenvalue weighted by molar-refractivity contribution is 0.0996. The zero-order valence-corrected chi connectivity index (χ0v) is 13.8. The van der Waals surface area contributed by atoms with E-state index in [4.69, 9.17) is 0 Å². The SMILES string of the molecule is O=C(Cc1cccc(F)c1Br)c1cc2c(s1)CCSC2. The van der Waals surface area contributed by atoms with Crippen LogP contribution in [0.5, 0.6) is 0 Å². The topological polar surface area (TPSA) is 17.1 Å². The molecule has 0 unspecified atom stereocenters. The van der Waals surface area contributed by atoms with Crippen molar-refractivity contribution in [3.8, 4) is 0 Å². The molecule has 1 aliphatic rings. The monoisotopic (exact) mass is 370 g/mol. The van der Waals surface area contributed by atoms with Crippen LogP contribution in [-0.2, 0) is 18.6 Å². The molecule has 0 radical (unpaired) electrons. The Morgan fingerprint density at radius 1 is 1.40 bits per heavy atom. The van der Waals surface area contributed by atoms with E-state index in [-0.39, 0.29) is 18.0 Å². The van der Waals surface area contributed by atoms with Gasteiger partial charge in [0.25, 0.3) is 0 Å². The third-order valence-corrected chi connectivity index (χ3v) is 6.46. The number of hydrogen-bond acceptors (Lipinski definition) is 3. The third kappa shape index (κ3) is 2.85. The molecule has 104 valence electrons. The van der Waals surface area contributed by atoms with Gasteiger partial charge >= 0.3 is 0 Å². The van der Waals surface area contributed by atoms with E-state index < -0.39 is 0 Å². The van der Waals surface area contributed by atoms with Gasteiger partial charge in [0, 0.05) is 17.1 Å². The second kappa shape index (κ2) is 6.00. The maximum atomic E-state index is 13.5. The summed E-state index contributed by atoms with van der Waals surface area (Å²) >= 11 is 6.72. The summed E-state index contributed by atoms with van der Waals surface area (Å²) in [6.45, 7) is 0. The molecule has 0 atom stereocenters. The molecular weight excluding hydrogens is 359 g/mol. The van der Waals surface area contributed by atoms with Crippen molar-refractivity contribution in [1.82, 2.24) is 0 Å². The number of ketones is 1. The number of thioether (sulfide) groups is 1. The van der Waals surface area contributed by atoms with E-state index in [0.717, 1.165) is 22.8 Å². The van der Waals surface area contributed by atoms with Crippen LogP contribution in [0.4, 0.5) is 4.39 Å². The summed E-state index contributed by atoms with van der Waals surface area (Å²) in [5, 5.41) is 0. The van der Waals surface area contributed by atoms with Gasteiger partial charge in [0.05, 0.1) is 9.35 Å². The number of aryl methyl sites for hydroxylation is 1. The second-order valence-corrected chi connectivity index (χ2v) is 7.71. The van der Waals surface area contributed by atoms with E-state index >= 15 is 0 Å². The van der Waals surface area contributed by atoms with Crippen molar-refractivity contribution < 1.29 is 9.18 Å². The van der Waals surface area contributed by atoms with E-state index in [1.807, 2.05) is 17.8 Å². The smallest absolute Gasteiger partial charge is 0.177 e. The van der Waals surface area contributed by atoms with E-state index in [2.05, 4.69) is 15.9 Å². The highest BCUT2D eigenvalue weighted by molar-refractivity contribution is 9.10. The second-order valence-electron chi connectivity index (χ2n) is 4.67. The molecule has 0 spiro atoms. The first kappa shape index (κ1) is 14.3. The third-order valence-electron chi connectivity index (χ3n) is 3.29. The Morgan fingerprint density at radius 3 is 3.05 bits per heavy atom. The highest BCUT2D eigenvalue weighted by Gasteiger charge is 2.18. The Labute approximate surface area is 133 Å². The van der Waals surface area contributed by atoms with Gasteiger partial charge in [-0.2, -0.15) is 11.8 Å². The molecule has 0 fully saturated rings. The number of carbonyl (C=O) groups is 1. The summed E-state index contributed by atoms with van der Waals surface area (Å²) in [5.41, 5.74) is 2.00. The molecule has 2 aromatic rings. The first-order valence-corrected chi connectivity index (χ1v) is 9.07. The number of Topliss-reactive ketones (excluding diaryl/α,β-unsaturated/α-hetero) is 1. The molecule has 1 nitrogen and oxygen atoms in total. The zero-order valence-electron chi connectivity index (χ0n) is 10.6. The maximum Gasteiger partial charge on any atom is 0.177 e. The first-order valence-electron chi connectivity index (χ1n) is 6.30. The van der Waals surface area contributed by atoms with E-state index in [1.54, 1.807) is 23.5 Å². The van der Waals surface area contributed by atoms with Crippen LogP contribution in [0.2, 0.25) is 0 Å². The van der Waals surface area contributed by atoms with E-state index in [0.29, 0.717) is 10.0 Å². The quantitative estimate of drug-likeness (QED) is 0.717. The average Bonchev–Trinajstić information content (AvgIpc) is 2.88. The molecule has 0 bridgehead atoms. The zero-order chi connectivity index (χ0) is 14.1. The van der Waals surface area contributed by atoms with Crippen molar-refractivity contribution in [2.24, 2.45) is 0 Å². The van der Waals surface area contributed by atoms with Gasteiger partial charge in [-0.1, -0.05) is 12.1 Å². The minimum absolute atomic E-state index is 0.0701. The molecule has 0 N–H and O–H groups in total. The number of halogens is 2.